The van der Waals surface area contributed by atoms with E-state index in [1.165, 1.54) is 77.0 Å². The molecule has 1 N–H and O–H groups in total. The van der Waals surface area contributed by atoms with Gasteiger partial charge in [0.1, 0.15) is 11.8 Å². The van der Waals surface area contributed by atoms with Gasteiger partial charge in [-0.15, -0.1) is 0 Å². The molecule has 0 bridgehead atoms. The highest BCUT2D eigenvalue weighted by Crippen LogP contribution is 2.13. The van der Waals surface area contributed by atoms with Gasteiger partial charge in [0.05, 0.1) is 13.0 Å². The summed E-state index contributed by atoms with van der Waals surface area (Å²) >= 11 is 0. The summed E-state index contributed by atoms with van der Waals surface area (Å²) in [6, 6.07) is -0.568. The Balaban J connectivity index is 1.83. The van der Waals surface area contributed by atoms with E-state index in [1.807, 2.05) is 0 Å². The number of ether oxygens (including phenoxy) is 1. The molecule has 162 valence electrons. The minimum absolute atomic E-state index is 0.0391. The van der Waals surface area contributed by atoms with E-state index < -0.39 is 12.0 Å². The van der Waals surface area contributed by atoms with Crippen LogP contribution in [0.2, 0.25) is 0 Å². The summed E-state index contributed by atoms with van der Waals surface area (Å²) < 4.78 is 4.79. The lowest BCUT2D eigenvalue weighted by Crippen LogP contribution is -2.38. The summed E-state index contributed by atoms with van der Waals surface area (Å²) in [5.74, 6) is -0.796. The van der Waals surface area contributed by atoms with Gasteiger partial charge in [0.15, 0.2) is 0 Å². The van der Waals surface area contributed by atoms with E-state index in [0.717, 1.165) is 12.8 Å². The molecule has 0 aliphatic carbocycles. The molecule has 1 rings (SSSR count). The molecule has 0 aromatic rings. The lowest BCUT2D eigenvalue weighted by Gasteiger charge is -2.08. The van der Waals surface area contributed by atoms with Crippen molar-refractivity contribution < 1.29 is 19.1 Å². The van der Waals surface area contributed by atoms with Crippen LogP contribution in [-0.4, -0.2) is 30.3 Å². The van der Waals surface area contributed by atoms with Gasteiger partial charge in [0.2, 0.25) is 5.91 Å². The van der Waals surface area contributed by atoms with Gasteiger partial charge in [-0.2, -0.15) is 0 Å². The van der Waals surface area contributed by atoms with Crippen molar-refractivity contribution in [3.8, 4) is 0 Å². The van der Waals surface area contributed by atoms with Crippen molar-refractivity contribution in [2.75, 3.05) is 6.61 Å². The first-order valence-electron chi connectivity index (χ1n) is 11.6. The van der Waals surface area contributed by atoms with Crippen LogP contribution >= 0.6 is 0 Å². The Hall–Kier alpha value is -1.39. The molecule has 5 heteroatoms. The maximum atomic E-state index is 11.9. The van der Waals surface area contributed by atoms with Crippen LogP contribution in [-0.2, 0) is 19.1 Å². The molecule has 5 nitrogen and oxygen atoms in total. The Morgan fingerprint density at radius 2 is 1.36 bits per heavy atom. The van der Waals surface area contributed by atoms with E-state index in [9.17, 15) is 14.4 Å². The number of cyclic esters (lactones) is 1. The van der Waals surface area contributed by atoms with Crippen LogP contribution in [0.25, 0.3) is 0 Å². The Bertz CT molecular complexity index is 450. The van der Waals surface area contributed by atoms with Crippen LogP contribution < -0.4 is 5.32 Å². The van der Waals surface area contributed by atoms with Gasteiger partial charge in [0, 0.05) is 12.8 Å². The normalized spacial score (nSPS) is 16.2. The number of hydrogen-bond acceptors (Lipinski definition) is 4. The second kappa shape index (κ2) is 16.6. The number of ketones is 1. The molecule has 1 aliphatic rings. The van der Waals surface area contributed by atoms with Crippen molar-refractivity contribution in [1.29, 1.82) is 0 Å². The fourth-order valence-corrected chi connectivity index (χ4v) is 3.66. The predicted octanol–water partition coefficient (Wildman–Crippen LogP) is 5.25. The first-order chi connectivity index (χ1) is 13.6. The zero-order valence-corrected chi connectivity index (χ0v) is 17.9. The molecule has 1 fully saturated rings. The number of unbranched alkanes of at least 4 members (excludes halogenated alkanes) is 13. The number of esters is 1. The molecular formula is C23H41NO4. The summed E-state index contributed by atoms with van der Waals surface area (Å²) in [5.41, 5.74) is 0. The predicted molar refractivity (Wildman–Crippen MR) is 112 cm³/mol. The first-order valence-corrected chi connectivity index (χ1v) is 11.6. The van der Waals surface area contributed by atoms with Crippen LogP contribution in [0.15, 0.2) is 0 Å². The third-order valence-corrected chi connectivity index (χ3v) is 5.44. The SMILES string of the molecule is CCCCCCCCCCCCCCCCC(=O)CC(=O)N[C@H]1CCOC1=O. The van der Waals surface area contributed by atoms with Crippen molar-refractivity contribution in [3.63, 3.8) is 0 Å². The molecule has 0 saturated carbocycles. The molecule has 1 atom stereocenters. The second-order valence-corrected chi connectivity index (χ2v) is 8.14. The number of nitrogens with one attached hydrogen (secondary N) is 1. The number of carbonyl (C=O) groups excluding carboxylic acids is 3. The van der Waals surface area contributed by atoms with E-state index in [4.69, 9.17) is 4.74 Å². The van der Waals surface area contributed by atoms with Crippen LogP contribution in [0.4, 0.5) is 0 Å². The molecule has 0 spiro atoms. The van der Waals surface area contributed by atoms with Crippen molar-refractivity contribution in [3.05, 3.63) is 0 Å². The summed E-state index contributed by atoms with van der Waals surface area (Å²) in [7, 11) is 0. The highest BCUT2D eigenvalue weighted by Gasteiger charge is 2.28. The minimum atomic E-state index is -0.568. The van der Waals surface area contributed by atoms with Crippen molar-refractivity contribution in [2.45, 2.75) is 122 Å². The zero-order chi connectivity index (χ0) is 20.5. The van der Waals surface area contributed by atoms with Gasteiger partial charge in [-0.25, -0.2) is 4.79 Å². The maximum Gasteiger partial charge on any atom is 0.328 e. The maximum absolute atomic E-state index is 11.9. The number of amides is 1. The van der Waals surface area contributed by atoms with Gasteiger partial charge >= 0.3 is 5.97 Å². The fraction of sp³-hybridized carbons (Fsp3) is 0.870. The van der Waals surface area contributed by atoms with Crippen LogP contribution in [0.3, 0.4) is 0 Å². The van der Waals surface area contributed by atoms with Crippen molar-refractivity contribution in [1.82, 2.24) is 5.32 Å². The van der Waals surface area contributed by atoms with Gasteiger partial charge in [-0.05, 0) is 6.42 Å². The topological polar surface area (TPSA) is 72.5 Å². The molecular weight excluding hydrogens is 354 g/mol. The molecule has 28 heavy (non-hydrogen) atoms. The van der Waals surface area contributed by atoms with Crippen LogP contribution in [0, 0.1) is 0 Å². The molecule has 0 unspecified atom stereocenters. The highest BCUT2D eigenvalue weighted by molar-refractivity contribution is 5.99. The Labute approximate surface area is 171 Å². The lowest BCUT2D eigenvalue weighted by molar-refractivity contribution is -0.142. The van der Waals surface area contributed by atoms with Gasteiger partial charge in [-0.1, -0.05) is 90.4 Å². The molecule has 1 heterocycles. The second-order valence-electron chi connectivity index (χ2n) is 8.14. The third kappa shape index (κ3) is 12.9. The number of rotatable bonds is 18. The van der Waals surface area contributed by atoms with Crippen LogP contribution in [0.1, 0.15) is 116 Å². The summed E-state index contributed by atoms with van der Waals surface area (Å²) in [4.78, 5) is 34.9. The summed E-state index contributed by atoms with van der Waals surface area (Å²) in [6.07, 6.45) is 18.8. The van der Waals surface area contributed by atoms with Crippen molar-refractivity contribution in [2.24, 2.45) is 0 Å². The molecule has 1 amide bonds. The average molecular weight is 396 g/mol. The zero-order valence-electron chi connectivity index (χ0n) is 17.9. The first kappa shape index (κ1) is 24.6. The van der Waals surface area contributed by atoms with E-state index in [2.05, 4.69) is 12.2 Å². The molecule has 0 aromatic carbocycles. The number of carbonyl (C=O) groups is 3. The Morgan fingerprint density at radius 1 is 0.857 bits per heavy atom. The van der Waals surface area contributed by atoms with Gasteiger partial charge in [0.25, 0.3) is 0 Å². The number of hydrogen-bond donors (Lipinski definition) is 1. The third-order valence-electron chi connectivity index (χ3n) is 5.44. The van der Waals surface area contributed by atoms with Crippen LogP contribution in [0.5, 0.6) is 0 Å². The van der Waals surface area contributed by atoms with Gasteiger partial charge in [-0.3, -0.25) is 9.59 Å². The standard InChI is InChI=1S/C23H41NO4/c1-2-3-4-5-6-7-8-9-10-11-12-13-14-15-16-20(25)19-22(26)24-21-17-18-28-23(21)27/h21H,2-19H2,1H3,(H,24,26)/t21-/m0/s1. The summed E-state index contributed by atoms with van der Waals surface area (Å²) in [5, 5.41) is 2.58. The quantitative estimate of drug-likeness (QED) is 0.195. The highest BCUT2D eigenvalue weighted by atomic mass is 16.5. The molecule has 1 saturated heterocycles. The Morgan fingerprint density at radius 3 is 1.82 bits per heavy atom. The minimum Gasteiger partial charge on any atom is -0.464 e. The van der Waals surface area contributed by atoms with E-state index in [-0.39, 0.29) is 18.1 Å². The van der Waals surface area contributed by atoms with E-state index in [0.29, 0.717) is 19.4 Å². The average Bonchev–Trinajstić information content (AvgIpc) is 3.06. The van der Waals surface area contributed by atoms with Crippen molar-refractivity contribution >= 4 is 17.7 Å². The Kier molecular flexibility index (Phi) is 14.6. The monoisotopic (exact) mass is 395 g/mol. The summed E-state index contributed by atoms with van der Waals surface area (Å²) in [6.45, 7) is 2.60. The van der Waals surface area contributed by atoms with E-state index in [1.54, 1.807) is 0 Å². The molecule has 1 aliphatic heterocycles. The largest absolute Gasteiger partial charge is 0.464 e. The lowest BCUT2D eigenvalue weighted by atomic mass is 10.0. The van der Waals surface area contributed by atoms with Gasteiger partial charge < -0.3 is 10.1 Å². The smallest absolute Gasteiger partial charge is 0.328 e. The fourth-order valence-electron chi connectivity index (χ4n) is 3.66. The molecule has 0 aromatic heterocycles. The van der Waals surface area contributed by atoms with E-state index >= 15 is 0 Å². The number of Topliss-reactive ketones (excluding diaryl/α,β-unsaturated/α-hetero) is 1. The molecule has 0 radical (unpaired) electrons.